The van der Waals surface area contributed by atoms with Crippen LogP contribution in [-0.4, -0.2) is 17.0 Å². The van der Waals surface area contributed by atoms with Gasteiger partial charge in [0.1, 0.15) is 5.75 Å². The van der Waals surface area contributed by atoms with Gasteiger partial charge in [0.05, 0.1) is 10.2 Å². The smallest absolute Gasteiger partial charge is 0.216 e. The van der Waals surface area contributed by atoms with Gasteiger partial charge in [-0.25, -0.2) is 0 Å². The monoisotopic (exact) mass is 327 g/mol. The van der Waals surface area contributed by atoms with E-state index in [4.69, 9.17) is 16.3 Å². The number of halogens is 2. The summed E-state index contributed by atoms with van der Waals surface area (Å²) in [6, 6.07) is 8.76. The highest BCUT2D eigenvalue weighted by Crippen LogP contribution is 2.28. The molecule has 0 atom stereocenters. The van der Waals surface area contributed by atoms with Crippen molar-refractivity contribution in [2.45, 2.75) is 0 Å². The van der Waals surface area contributed by atoms with Crippen molar-refractivity contribution in [3.63, 3.8) is 0 Å². The molecule has 0 saturated carbocycles. The van der Waals surface area contributed by atoms with Gasteiger partial charge in [0.15, 0.2) is 6.61 Å². The van der Waals surface area contributed by atoms with E-state index in [1.165, 1.54) is 0 Å². The molecule has 0 unspecified atom stereocenters. The molecule has 0 aliphatic carbocycles. The summed E-state index contributed by atoms with van der Waals surface area (Å²) in [4.78, 5) is 11.9. The molecule has 1 heterocycles. The van der Waals surface area contributed by atoms with Crippen LogP contribution in [0.2, 0.25) is 5.02 Å². The summed E-state index contributed by atoms with van der Waals surface area (Å²) in [5.74, 6) is 0.534. The Kier molecular flexibility index (Phi) is 4.09. The number of nitrogens with zero attached hydrogens (tertiary/aromatic N) is 1. The highest BCUT2D eigenvalue weighted by atomic mass is 79.9. The van der Waals surface area contributed by atoms with E-state index in [2.05, 4.69) is 15.9 Å². The molecule has 0 aliphatic rings. The van der Waals surface area contributed by atoms with Crippen LogP contribution in [0.4, 0.5) is 0 Å². The Bertz CT molecular complexity index is 580. The summed E-state index contributed by atoms with van der Waals surface area (Å²) < 4.78 is 7.96. The molecule has 0 aliphatic heterocycles. The van der Waals surface area contributed by atoms with Gasteiger partial charge in [-0.15, -0.1) is 0 Å². The number of ketones is 1. The number of carbonyl (C=O) groups excluding carboxylic acids is 1. The molecule has 1 aromatic carbocycles. The summed E-state index contributed by atoms with van der Waals surface area (Å²) in [5.41, 5.74) is 0.625. The van der Waals surface area contributed by atoms with Crippen molar-refractivity contribution in [1.82, 2.24) is 4.57 Å². The van der Waals surface area contributed by atoms with Gasteiger partial charge in [0.25, 0.3) is 0 Å². The Balaban J connectivity index is 2.04. The van der Waals surface area contributed by atoms with Gasteiger partial charge >= 0.3 is 0 Å². The molecule has 3 nitrogen and oxygen atoms in total. The van der Waals surface area contributed by atoms with E-state index >= 15 is 0 Å². The van der Waals surface area contributed by atoms with Crippen LogP contribution in [0.25, 0.3) is 0 Å². The van der Waals surface area contributed by atoms with Gasteiger partial charge in [-0.3, -0.25) is 4.79 Å². The number of aryl methyl sites for hydroxylation is 1. The predicted octanol–water partition coefficient (Wildman–Crippen LogP) is 3.70. The van der Waals surface area contributed by atoms with Crippen LogP contribution in [0, 0.1) is 0 Å². The average molecular weight is 329 g/mol. The Morgan fingerprint density at radius 3 is 2.83 bits per heavy atom. The molecule has 0 amide bonds. The maximum absolute atomic E-state index is 11.9. The van der Waals surface area contributed by atoms with Gasteiger partial charge in [-0.2, -0.15) is 0 Å². The molecule has 0 radical (unpaired) electrons. The molecule has 0 bridgehead atoms. The van der Waals surface area contributed by atoms with Gasteiger partial charge in [-0.1, -0.05) is 11.6 Å². The molecule has 2 rings (SSSR count). The van der Waals surface area contributed by atoms with Crippen LogP contribution in [0.1, 0.15) is 10.5 Å². The molecule has 0 spiro atoms. The Morgan fingerprint density at radius 2 is 2.22 bits per heavy atom. The second-order valence-corrected chi connectivity index (χ2v) is 5.08. The summed E-state index contributed by atoms with van der Waals surface area (Å²) in [6.45, 7) is -0.00190. The van der Waals surface area contributed by atoms with Crippen LogP contribution < -0.4 is 4.74 Å². The maximum atomic E-state index is 11.9. The lowest BCUT2D eigenvalue weighted by atomic mass is 10.3. The molecule has 0 saturated heterocycles. The fourth-order valence-corrected chi connectivity index (χ4v) is 2.36. The van der Waals surface area contributed by atoms with Crippen LogP contribution in [0.5, 0.6) is 5.75 Å². The Hall–Kier alpha value is -1.26. The third-order valence-corrected chi connectivity index (χ3v) is 3.34. The lowest BCUT2D eigenvalue weighted by Crippen LogP contribution is -2.14. The fraction of sp³-hybridized carbons (Fsp3) is 0.154. The maximum Gasteiger partial charge on any atom is 0.216 e. The zero-order valence-electron chi connectivity index (χ0n) is 9.69. The minimum atomic E-state index is -0.0654. The minimum absolute atomic E-state index is 0.00190. The first-order chi connectivity index (χ1) is 8.58. The van der Waals surface area contributed by atoms with E-state index in [0.29, 0.717) is 16.5 Å². The van der Waals surface area contributed by atoms with E-state index < -0.39 is 0 Å². The highest BCUT2D eigenvalue weighted by molar-refractivity contribution is 9.10. The second kappa shape index (κ2) is 5.59. The lowest BCUT2D eigenvalue weighted by molar-refractivity contribution is 0.0913. The average Bonchev–Trinajstić information content (AvgIpc) is 2.74. The van der Waals surface area contributed by atoms with Crippen molar-refractivity contribution in [3.8, 4) is 5.75 Å². The van der Waals surface area contributed by atoms with E-state index in [1.54, 1.807) is 28.8 Å². The highest BCUT2D eigenvalue weighted by Gasteiger charge is 2.11. The van der Waals surface area contributed by atoms with E-state index in [-0.39, 0.29) is 12.4 Å². The molecular formula is C13H11BrClNO2. The Morgan fingerprint density at radius 1 is 1.44 bits per heavy atom. The largest absolute Gasteiger partial charge is 0.484 e. The molecule has 5 heteroatoms. The standard InChI is InChI=1S/C13H11BrClNO2/c1-16-6-2-3-11(16)12(17)8-18-13-5-4-9(15)7-10(13)14/h2-7H,8H2,1H3. The van der Waals surface area contributed by atoms with Gasteiger partial charge < -0.3 is 9.30 Å². The number of hydrogen-bond donors (Lipinski definition) is 0. The van der Waals surface area contributed by atoms with Crippen molar-refractivity contribution in [2.75, 3.05) is 6.61 Å². The zero-order valence-corrected chi connectivity index (χ0v) is 12.0. The number of Topliss-reactive ketones (excluding diaryl/α,β-unsaturated/α-hetero) is 1. The molecule has 0 fully saturated rings. The first kappa shape index (κ1) is 13.2. The van der Waals surface area contributed by atoms with E-state index in [9.17, 15) is 4.79 Å². The van der Waals surface area contributed by atoms with Gasteiger partial charge in [0.2, 0.25) is 5.78 Å². The number of benzene rings is 1. The van der Waals surface area contributed by atoms with Crippen molar-refractivity contribution < 1.29 is 9.53 Å². The zero-order chi connectivity index (χ0) is 13.1. The summed E-state index contributed by atoms with van der Waals surface area (Å²) >= 11 is 9.16. The normalized spacial score (nSPS) is 10.4. The van der Waals surface area contributed by atoms with Crippen LogP contribution in [0.3, 0.4) is 0 Å². The SMILES string of the molecule is Cn1cccc1C(=O)COc1ccc(Cl)cc1Br. The van der Waals surface area contributed by atoms with Crippen LogP contribution in [0.15, 0.2) is 41.0 Å². The number of hydrogen-bond acceptors (Lipinski definition) is 2. The van der Waals surface area contributed by atoms with E-state index in [1.807, 2.05) is 19.3 Å². The van der Waals surface area contributed by atoms with Gasteiger partial charge in [-0.05, 0) is 46.3 Å². The lowest BCUT2D eigenvalue weighted by Gasteiger charge is -2.08. The number of aromatic nitrogens is 1. The first-order valence-corrected chi connectivity index (χ1v) is 6.47. The van der Waals surface area contributed by atoms with Crippen LogP contribution >= 0.6 is 27.5 Å². The summed E-state index contributed by atoms with van der Waals surface area (Å²) in [6.07, 6.45) is 1.82. The molecular weight excluding hydrogens is 318 g/mol. The first-order valence-electron chi connectivity index (χ1n) is 5.30. The van der Waals surface area contributed by atoms with Crippen molar-refractivity contribution >= 4 is 33.3 Å². The number of ether oxygens (including phenoxy) is 1. The quantitative estimate of drug-likeness (QED) is 0.801. The predicted molar refractivity (Wildman–Crippen MR) is 74.4 cm³/mol. The third-order valence-electron chi connectivity index (χ3n) is 2.48. The fourth-order valence-electron chi connectivity index (χ4n) is 1.56. The minimum Gasteiger partial charge on any atom is -0.484 e. The topological polar surface area (TPSA) is 31.2 Å². The van der Waals surface area contributed by atoms with E-state index in [0.717, 1.165) is 4.47 Å². The summed E-state index contributed by atoms with van der Waals surface area (Å²) in [7, 11) is 1.82. The molecule has 18 heavy (non-hydrogen) atoms. The van der Waals surface area contributed by atoms with Gasteiger partial charge in [0, 0.05) is 18.3 Å². The molecule has 0 N–H and O–H groups in total. The summed E-state index contributed by atoms with van der Waals surface area (Å²) in [5, 5.41) is 0.614. The molecule has 2 aromatic rings. The third kappa shape index (κ3) is 2.94. The number of carbonyl (C=O) groups is 1. The van der Waals surface area contributed by atoms with Crippen molar-refractivity contribution in [3.05, 3.63) is 51.7 Å². The molecule has 94 valence electrons. The molecule has 1 aromatic heterocycles. The van der Waals surface area contributed by atoms with Crippen LogP contribution in [-0.2, 0) is 7.05 Å². The Labute approximate surface area is 118 Å². The number of rotatable bonds is 4. The van der Waals surface area contributed by atoms with Crippen molar-refractivity contribution in [1.29, 1.82) is 0 Å². The van der Waals surface area contributed by atoms with Crippen molar-refractivity contribution in [2.24, 2.45) is 7.05 Å². The second-order valence-electron chi connectivity index (χ2n) is 3.79.